The number of ether oxygens (including phenoxy) is 3. The van der Waals surface area contributed by atoms with Gasteiger partial charge >= 0.3 is 6.16 Å². The summed E-state index contributed by atoms with van der Waals surface area (Å²) >= 11 is 0. The molecule has 2 aromatic rings. The van der Waals surface area contributed by atoms with Crippen LogP contribution in [-0.4, -0.2) is 28.8 Å². The van der Waals surface area contributed by atoms with Crippen LogP contribution in [-0.2, 0) is 26.2 Å². The Balaban J connectivity index is 2.38. The number of hydrogen-bond acceptors (Lipinski definition) is 6. The molecule has 0 aliphatic rings. The number of carbonyl (C=O) groups excluding carboxylic acids is 1. The standard InChI is InChI=1S/C26H35N3O4/c1-8-10-19(4)33-25(30)32-17-31-24(23-15-18(3)28-29(23)9-2)22(16-27)20-11-13-21(14-12-20)26(5,6)7/h11-15,19H,8-10,17H2,1-7H3/b24-22-. The molecule has 0 spiro atoms. The lowest BCUT2D eigenvalue weighted by atomic mass is 9.86. The van der Waals surface area contributed by atoms with Crippen LogP contribution in [0.3, 0.4) is 0 Å². The summed E-state index contributed by atoms with van der Waals surface area (Å²) in [7, 11) is 0. The SMILES string of the molecule is CCCC(C)OC(=O)OCO/C(=C(/C#N)c1ccc(C(C)(C)C)cc1)c1cc(C)nn1CC. The molecule has 1 heterocycles. The summed E-state index contributed by atoms with van der Waals surface area (Å²) in [4.78, 5) is 12.0. The highest BCUT2D eigenvalue weighted by Gasteiger charge is 2.21. The molecular weight excluding hydrogens is 418 g/mol. The summed E-state index contributed by atoms with van der Waals surface area (Å²) in [6.07, 6.45) is 0.609. The molecule has 0 bridgehead atoms. The molecule has 178 valence electrons. The van der Waals surface area contributed by atoms with Crippen LogP contribution in [0.4, 0.5) is 4.79 Å². The Morgan fingerprint density at radius 2 is 1.85 bits per heavy atom. The number of allylic oxidation sites excluding steroid dienone is 1. The van der Waals surface area contributed by atoms with E-state index in [9.17, 15) is 10.1 Å². The van der Waals surface area contributed by atoms with Crippen LogP contribution < -0.4 is 0 Å². The van der Waals surface area contributed by atoms with Crippen molar-refractivity contribution in [2.24, 2.45) is 0 Å². The summed E-state index contributed by atoms with van der Waals surface area (Å²) in [6, 6.07) is 11.9. The molecule has 0 fully saturated rings. The molecule has 2 rings (SSSR count). The second-order valence-corrected chi connectivity index (χ2v) is 9.00. The van der Waals surface area contributed by atoms with E-state index in [0.29, 0.717) is 29.1 Å². The smallest absolute Gasteiger partial charge is 0.454 e. The monoisotopic (exact) mass is 453 g/mol. The third kappa shape index (κ3) is 7.11. The molecule has 0 aliphatic heterocycles. The van der Waals surface area contributed by atoms with Crippen molar-refractivity contribution in [2.75, 3.05) is 6.79 Å². The number of aromatic nitrogens is 2. The Labute approximate surface area is 197 Å². The fraction of sp³-hybridized carbons (Fsp3) is 0.500. The van der Waals surface area contributed by atoms with Crippen LogP contribution in [0.15, 0.2) is 30.3 Å². The zero-order valence-corrected chi connectivity index (χ0v) is 20.8. The minimum atomic E-state index is -0.802. The molecule has 0 amide bonds. The molecule has 1 aromatic carbocycles. The predicted molar refractivity (Wildman–Crippen MR) is 128 cm³/mol. The van der Waals surface area contributed by atoms with Gasteiger partial charge in [-0.25, -0.2) is 4.79 Å². The lowest BCUT2D eigenvalue weighted by molar-refractivity contribution is -0.0215. The van der Waals surface area contributed by atoms with Crippen LogP contribution in [0.5, 0.6) is 0 Å². The largest absolute Gasteiger partial charge is 0.511 e. The van der Waals surface area contributed by atoms with Crippen molar-refractivity contribution < 1.29 is 19.0 Å². The van der Waals surface area contributed by atoms with Gasteiger partial charge in [0, 0.05) is 6.54 Å². The number of aryl methyl sites for hydroxylation is 2. The van der Waals surface area contributed by atoms with E-state index in [2.05, 4.69) is 31.9 Å². The van der Waals surface area contributed by atoms with Gasteiger partial charge in [0.2, 0.25) is 6.79 Å². The Bertz CT molecular complexity index is 1010. The summed E-state index contributed by atoms with van der Waals surface area (Å²) in [5.74, 6) is 0.304. The van der Waals surface area contributed by atoms with Crippen molar-refractivity contribution in [3.8, 4) is 6.07 Å². The fourth-order valence-electron chi connectivity index (χ4n) is 3.43. The maximum atomic E-state index is 12.0. The summed E-state index contributed by atoms with van der Waals surface area (Å²) in [5.41, 5.74) is 3.63. The van der Waals surface area contributed by atoms with Crippen molar-refractivity contribution in [2.45, 2.75) is 79.4 Å². The average molecular weight is 454 g/mol. The predicted octanol–water partition coefficient (Wildman–Crippen LogP) is 6.22. The molecule has 0 saturated heterocycles. The topological polar surface area (TPSA) is 86.4 Å². The first-order valence-corrected chi connectivity index (χ1v) is 11.4. The van der Waals surface area contributed by atoms with E-state index < -0.39 is 6.16 Å². The number of nitriles is 1. The lowest BCUT2D eigenvalue weighted by Crippen LogP contribution is -2.17. The van der Waals surface area contributed by atoms with E-state index in [0.717, 1.165) is 24.1 Å². The molecule has 0 N–H and O–H groups in total. The summed E-state index contributed by atoms with van der Waals surface area (Å²) in [6.45, 7) is 14.3. The van der Waals surface area contributed by atoms with Gasteiger partial charge in [0.25, 0.3) is 0 Å². The van der Waals surface area contributed by atoms with Crippen molar-refractivity contribution in [3.63, 3.8) is 0 Å². The molecule has 1 atom stereocenters. The van der Waals surface area contributed by atoms with Gasteiger partial charge in [0.1, 0.15) is 23.4 Å². The van der Waals surface area contributed by atoms with Crippen molar-refractivity contribution in [3.05, 3.63) is 52.8 Å². The van der Waals surface area contributed by atoms with Crippen LogP contribution in [0.1, 0.15) is 76.9 Å². The Morgan fingerprint density at radius 3 is 2.39 bits per heavy atom. The van der Waals surface area contributed by atoms with Gasteiger partial charge in [-0.1, -0.05) is 58.4 Å². The van der Waals surface area contributed by atoms with Crippen LogP contribution in [0, 0.1) is 18.3 Å². The zero-order valence-electron chi connectivity index (χ0n) is 20.8. The van der Waals surface area contributed by atoms with Crippen molar-refractivity contribution >= 4 is 17.5 Å². The number of rotatable bonds is 9. The zero-order chi connectivity index (χ0) is 24.6. The van der Waals surface area contributed by atoms with Gasteiger partial charge < -0.3 is 14.2 Å². The number of carbonyl (C=O) groups is 1. The number of nitrogens with zero attached hydrogens (tertiary/aromatic N) is 3. The van der Waals surface area contributed by atoms with E-state index in [1.807, 2.05) is 58.0 Å². The van der Waals surface area contributed by atoms with E-state index >= 15 is 0 Å². The molecule has 7 nitrogen and oxygen atoms in total. The highest BCUT2D eigenvalue weighted by atomic mass is 16.8. The lowest BCUT2D eigenvalue weighted by Gasteiger charge is -2.19. The number of benzene rings is 1. The molecule has 33 heavy (non-hydrogen) atoms. The third-order valence-corrected chi connectivity index (χ3v) is 5.19. The minimum absolute atomic E-state index is 0.00453. The normalized spacial score (nSPS) is 13.0. The molecule has 0 aliphatic carbocycles. The molecular formula is C26H35N3O4. The Hall–Kier alpha value is -3.27. The van der Waals surface area contributed by atoms with Gasteiger partial charge in [-0.15, -0.1) is 0 Å². The molecule has 0 saturated carbocycles. The van der Waals surface area contributed by atoms with Crippen LogP contribution in [0.2, 0.25) is 0 Å². The van der Waals surface area contributed by atoms with E-state index in [1.165, 1.54) is 0 Å². The number of hydrogen-bond donors (Lipinski definition) is 0. The van der Waals surface area contributed by atoms with Crippen molar-refractivity contribution in [1.82, 2.24) is 9.78 Å². The first-order valence-electron chi connectivity index (χ1n) is 11.4. The third-order valence-electron chi connectivity index (χ3n) is 5.19. The minimum Gasteiger partial charge on any atom is -0.454 e. The molecule has 0 radical (unpaired) electrons. The van der Waals surface area contributed by atoms with Crippen molar-refractivity contribution in [1.29, 1.82) is 5.26 Å². The first-order chi connectivity index (χ1) is 15.6. The quantitative estimate of drug-likeness (QED) is 0.194. The first kappa shape index (κ1) is 26.0. The summed E-state index contributed by atoms with van der Waals surface area (Å²) in [5, 5.41) is 14.5. The van der Waals surface area contributed by atoms with Gasteiger partial charge in [0.15, 0.2) is 5.76 Å². The maximum Gasteiger partial charge on any atom is 0.511 e. The van der Waals surface area contributed by atoms with E-state index in [4.69, 9.17) is 14.2 Å². The maximum absolute atomic E-state index is 12.0. The Morgan fingerprint density at radius 1 is 1.18 bits per heavy atom. The van der Waals surface area contributed by atoms with Gasteiger partial charge in [-0.2, -0.15) is 10.4 Å². The second kappa shape index (κ2) is 11.6. The van der Waals surface area contributed by atoms with E-state index in [-0.39, 0.29) is 18.3 Å². The van der Waals surface area contributed by atoms with Crippen LogP contribution >= 0.6 is 0 Å². The van der Waals surface area contributed by atoms with Gasteiger partial charge in [-0.3, -0.25) is 4.68 Å². The molecule has 1 unspecified atom stereocenters. The fourth-order valence-corrected chi connectivity index (χ4v) is 3.43. The highest BCUT2D eigenvalue weighted by molar-refractivity contribution is 5.94. The molecule has 7 heteroatoms. The van der Waals surface area contributed by atoms with Gasteiger partial charge in [0.05, 0.1) is 5.69 Å². The summed E-state index contributed by atoms with van der Waals surface area (Å²) < 4.78 is 18.0. The second-order valence-electron chi connectivity index (χ2n) is 9.00. The van der Waals surface area contributed by atoms with Crippen LogP contribution in [0.25, 0.3) is 11.3 Å². The highest BCUT2D eigenvalue weighted by Crippen LogP contribution is 2.30. The average Bonchev–Trinajstić information content (AvgIpc) is 3.13. The van der Waals surface area contributed by atoms with E-state index in [1.54, 1.807) is 4.68 Å². The molecule has 1 aromatic heterocycles. The van der Waals surface area contributed by atoms with Gasteiger partial charge in [-0.05, 0) is 49.8 Å². The Kier molecular flexibility index (Phi) is 9.10.